The number of carbonyl (C=O) groups is 2. The molecule has 1 aromatic carbocycles. The van der Waals surface area contributed by atoms with Gasteiger partial charge in [0.2, 0.25) is 5.91 Å². The number of halogens is 3. The third-order valence-electron chi connectivity index (χ3n) is 5.99. The number of amides is 1. The first kappa shape index (κ1) is 20.6. The first-order chi connectivity index (χ1) is 13.2. The van der Waals surface area contributed by atoms with E-state index in [0.717, 1.165) is 25.0 Å². The van der Waals surface area contributed by atoms with Crippen molar-refractivity contribution in [3.8, 4) is 0 Å². The Balaban J connectivity index is 1.97. The molecule has 0 bridgehead atoms. The van der Waals surface area contributed by atoms with Gasteiger partial charge in [0.25, 0.3) is 0 Å². The second-order valence-corrected chi connectivity index (χ2v) is 7.67. The molecular weight excluding hydrogens is 375 g/mol. The number of carboxylic acid groups (broad SMARTS) is 1. The van der Waals surface area contributed by atoms with Crippen molar-refractivity contribution in [1.29, 1.82) is 0 Å². The summed E-state index contributed by atoms with van der Waals surface area (Å²) in [5, 5.41) is 9.20. The summed E-state index contributed by atoms with van der Waals surface area (Å²) in [5.41, 5.74) is -1.46. The van der Waals surface area contributed by atoms with Crippen LogP contribution in [0.15, 0.2) is 24.3 Å². The summed E-state index contributed by atoms with van der Waals surface area (Å²) >= 11 is 0. The summed E-state index contributed by atoms with van der Waals surface area (Å²) in [7, 11) is 1.51. The van der Waals surface area contributed by atoms with Crippen LogP contribution in [0.2, 0.25) is 0 Å². The molecule has 1 heterocycles. The van der Waals surface area contributed by atoms with Crippen molar-refractivity contribution in [3.63, 3.8) is 0 Å². The molecule has 0 spiro atoms. The van der Waals surface area contributed by atoms with Crippen LogP contribution in [0.5, 0.6) is 0 Å². The van der Waals surface area contributed by atoms with Crippen molar-refractivity contribution < 1.29 is 32.6 Å². The van der Waals surface area contributed by atoms with E-state index in [2.05, 4.69) is 0 Å². The summed E-state index contributed by atoms with van der Waals surface area (Å²) < 4.78 is 45.0. The predicted molar refractivity (Wildman–Crippen MR) is 94.8 cm³/mol. The molecule has 3 rings (SSSR count). The number of nitrogens with zero attached hydrogens (tertiary/aromatic N) is 1. The quantitative estimate of drug-likeness (QED) is 0.822. The summed E-state index contributed by atoms with van der Waals surface area (Å²) in [5.74, 6) is -1.30. The van der Waals surface area contributed by atoms with E-state index in [1.165, 1.54) is 18.1 Å². The van der Waals surface area contributed by atoms with Gasteiger partial charge in [-0.2, -0.15) is 13.2 Å². The standard InChI is InChI=1S/C20H24F3NO4/c1-28-16-10-15(11-17(25)26)24(12-16)18(27)19(7-2-3-8-19)13-5-4-6-14(9-13)20(21,22)23/h4-6,9,15-16H,2-3,7-8,10-12H2,1H3,(H,25,26). The van der Waals surface area contributed by atoms with E-state index in [1.54, 1.807) is 6.07 Å². The normalized spacial score (nSPS) is 24.5. The second kappa shape index (κ2) is 7.73. The predicted octanol–water partition coefficient (Wildman–Crippen LogP) is 3.61. The molecule has 1 aromatic rings. The maximum absolute atomic E-state index is 13.6. The monoisotopic (exact) mass is 399 g/mol. The van der Waals surface area contributed by atoms with E-state index in [1.807, 2.05) is 0 Å². The van der Waals surface area contributed by atoms with Gasteiger partial charge in [-0.05, 0) is 30.9 Å². The third-order valence-corrected chi connectivity index (χ3v) is 5.99. The Labute approximate surface area is 161 Å². The topological polar surface area (TPSA) is 66.8 Å². The molecular formula is C20H24F3NO4. The number of methoxy groups -OCH3 is 1. The van der Waals surface area contributed by atoms with Crippen LogP contribution in [0.4, 0.5) is 13.2 Å². The van der Waals surface area contributed by atoms with Crippen molar-refractivity contribution in [3.05, 3.63) is 35.4 Å². The van der Waals surface area contributed by atoms with E-state index >= 15 is 0 Å². The van der Waals surface area contributed by atoms with Crippen molar-refractivity contribution in [2.75, 3.05) is 13.7 Å². The minimum atomic E-state index is -4.49. The minimum Gasteiger partial charge on any atom is -0.481 e. The smallest absolute Gasteiger partial charge is 0.416 e. The molecule has 2 atom stereocenters. The number of hydrogen-bond donors (Lipinski definition) is 1. The molecule has 0 radical (unpaired) electrons. The van der Waals surface area contributed by atoms with Crippen molar-refractivity contribution in [2.24, 2.45) is 0 Å². The zero-order valence-electron chi connectivity index (χ0n) is 15.7. The lowest BCUT2D eigenvalue weighted by Gasteiger charge is -2.35. The Bertz CT molecular complexity index is 743. The fourth-order valence-corrected chi connectivity index (χ4v) is 4.56. The third kappa shape index (κ3) is 3.87. The molecule has 1 aliphatic heterocycles. The Kier molecular flexibility index (Phi) is 5.70. The van der Waals surface area contributed by atoms with Gasteiger partial charge in [-0.1, -0.05) is 31.0 Å². The van der Waals surface area contributed by atoms with Gasteiger partial charge in [-0.25, -0.2) is 0 Å². The van der Waals surface area contributed by atoms with Crippen LogP contribution in [0, 0.1) is 0 Å². The van der Waals surface area contributed by atoms with E-state index < -0.39 is 29.2 Å². The Morgan fingerprint density at radius 1 is 1.29 bits per heavy atom. The number of rotatable bonds is 5. The van der Waals surface area contributed by atoms with Gasteiger partial charge in [0.05, 0.1) is 23.5 Å². The molecule has 0 aromatic heterocycles. The fraction of sp³-hybridized carbons (Fsp3) is 0.600. The zero-order valence-corrected chi connectivity index (χ0v) is 15.7. The van der Waals surface area contributed by atoms with Gasteiger partial charge in [-0.15, -0.1) is 0 Å². The van der Waals surface area contributed by atoms with E-state index in [0.29, 0.717) is 24.8 Å². The number of likely N-dealkylation sites (tertiary alicyclic amines) is 1. The maximum atomic E-state index is 13.6. The molecule has 28 heavy (non-hydrogen) atoms. The average Bonchev–Trinajstić information content (AvgIpc) is 3.28. The lowest BCUT2D eigenvalue weighted by Crippen LogP contribution is -2.48. The second-order valence-electron chi connectivity index (χ2n) is 7.67. The molecule has 1 aliphatic carbocycles. The molecule has 1 amide bonds. The Hall–Kier alpha value is -2.09. The van der Waals surface area contributed by atoms with Gasteiger partial charge >= 0.3 is 12.1 Å². The van der Waals surface area contributed by atoms with Crippen molar-refractivity contribution >= 4 is 11.9 Å². The number of alkyl halides is 3. The number of carbonyl (C=O) groups excluding carboxylic acids is 1. The van der Waals surface area contributed by atoms with Crippen molar-refractivity contribution in [2.45, 2.75) is 62.3 Å². The van der Waals surface area contributed by atoms with E-state index in [4.69, 9.17) is 4.74 Å². The Morgan fingerprint density at radius 2 is 1.96 bits per heavy atom. The summed E-state index contributed by atoms with van der Waals surface area (Å²) in [6.07, 6.45) is -2.15. The molecule has 2 fully saturated rings. The Morgan fingerprint density at radius 3 is 2.54 bits per heavy atom. The number of hydrogen-bond acceptors (Lipinski definition) is 3. The lowest BCUT2D eigenvalue weighted by atomic mass is 9.76. The first-order valence-electron chi connectivity index (χ1n) is 9.41. The highest BCUT2D eigenvalue weighted by atomic mass is 19.4. The lowest BCUT2D eigenvalue weighted by molar-refractivity contribution is -0.143. The van der Waals surface area contributed by atoms with Gasteiger partial charge in [0.1, 0.15) is 0 Å². The highest BCUT2D eigenvalue weighted by Crippen LogP contribution is 2.45. The van der Waals surface area contributed by atoms with Gasteiger partial charge in [-0.3, -0.25) is 9.59 Å². The van der Waals surface area contributed by atoms with Gasteiger partial charge < -0.3 is 14.7 Å². The van der Waals surface area contributed by atoms with Crippen LogP contribution in [0.3, 0.4) is 0 Å². The summed E-state index contributed by atoms with van der Waals surface area (Å²) in [6, 6.07) is 4.47. The number of aliphatic carboxylic acids is 1. The molecule has 2 aliphatic rings. The van der Waals surface area contributed by atoms with Crippen LogP contribution in [0.25, 0.3) is 0 Å². The molecule has 1 N–H and O–H groups in total. The maximum Gasteiger partial charge on any atom is 0.416 e. The molecule has 154 valence electrons. The number of carboxylic acids is 1. The van der Waals surface area contributed by atoms with Crippen LogP contribution < -0.4 is 0 Å². The highest BCUT2D eigenvalue weighted by Gasteiger charge is 2.49. The zero-order chi connectivity index (χ0) is 20.5. The largest absolute Gasteiger partial charge is 0.481 e. The molecule has 8 heteroatoms. The van der Waals surface area contributed by atoms with Crippen LogP contribution >= 0.6 is 0 Å². The fourth-order valence-electron chi connectivity index (χ4n) is 4.56. The average molecular weight is 399 g/mol. The van der Waals surface area contributed by atoms with E-state index in [-0.39, 0.29) is 25.0 Å². The highest BCUT2D eigenvalue weighted by molar-refractivity contribution is 5.89. The van der Waals surface area contributed by atoms with E-state index in [9.17, 15) is 27.9 Å². The van der Waals surface area contributed by atoms with Crippen LogP contribution in [-0.4, -0.2) is 47.7 Å². The van der Waals surface area contributed by atoms with Crippen LogP contribution in [0.1, 0.15) is 49.7 Å². The van der Waals surface area contributed by atoms with Crippen molar-refractivity contribution in [1.82, 2.24) is 4.90 Å². The molecule has 5 nitrogen and oxygen atoms in total. The summed E-state index contributed by atoms with van der Waals surface area (Å²) in [6.45, 7) is 0.258. The minimum absolute atomic E-state index is 0.204. The number of ether oxygens (including phenoxy) is 1. The molecule has 2 unspecified atom stereocenters. The summed E-state index contributed by atoms with van der Waals surface area (Å²) in [4.78, 5) is 26.3. The number of benzene rings is 1. The van der Waals surface area contributed by atoms with Gasteiger partial charge in [0, 0.05) is 19.7 Å². The SMILES string of the molecule is COC1CC(CC(=O)O)N(C(=O)C2(c3cccc(C(F)(F)F)c3)CCCC2)C1. The van der Waals surface area contributed by atoms with Gasteiger partial charge in [0.15, 0.2) is 0 Å². The van der Waals surface area contributed by atoms with Crippen LogP contribution in [-0.2, 0) is 25.9 Å². The molecule has 1 saturated heterocycles. The molecule has 1 saturated carbocycles. The first-order valence-corrected chi connectivity index (χ1v) is 9.41.